The monoisotopic (exact) mass is 299 g/mol. The van der Waals surface area contributed by atoms with Gasteiger partial charge in [0.1, 0.15) is 18.2 Å². The molecule has 1 aromatic carbocycles. The van der Waals surface area contributed by atoms with E-state index in [0.717, 1.165) is 11.8 Å². The molecule has 0 spiro atoms. The molecule has 0 fully saturated rings. The van der Waals surface area contributed by atoms with Crippen LogP contribution < -0.4 is 9.47 Å². The van der Waals surface area contributed by atoms with Gasteiger partial charge < -0.3 is 9.47 Å². The van der Waals surface area contributed by atoms with Gasteiger partial charge in [0.05, 0.1) is 0 Å². The van der Waals surface area contributed by atoms with Crippen LogP contribution in [0.5, 0.6) is 11.5 Å². The maximum Gasteiger partial charge on any atom is 0.250 e. The molecule has 3 nitrogen and oxygen atoms in total. The molecule has 1 aliphatic heterocycles. The first-order valence-corrected chi connectivity index (χ1v) is 6.54. The van der Waals surface area contributed by atoms with Crippen molar-refractivity contribution in [3.8, 4) is 11.5 Å². The lowest BCUT2D eigenvalue weighted by Gasteiger charge is -2.18. The summed E-state index contributed by atoms with van der Waals surface area (Å²) in [5.74, 6) is -2.42. The van der Waals surface area contributed by atoms with E-state index in [-0.39, 0.29) is 5.03 Å². The summed E-state index contributed by atoms with van der Waals surface area (Å²) in [7, 11) is 0. The normalized spacial score (nSPS) is 13.3. The van der Waals surface area contributed by atoms with Crippen LogP contribution in [0.15, 0.2) is 34.2 Å². The van der Waals surface area contributed by atoms with Crippen LogP contribution in [0.25, 0.3) is 0 Å². The summed E-state index contributed by atoms with van der Waals surface area (Å²) in [6.45, 7) is 0.901. The Morgan fingerprint density at radius 2 is 1.70 bits per heavy atom. The number of hydrogen-bond donors (Lipinski definition) is 0. The first-order chi connectivity index (χ1) is 9.63. The molecular weight excluding hydrogens is 291 g/mol. The van der Waals surface area contributed by atoms with Crippen LogP contribution in [0.4, 0.5) is 13.2 Å². The molecule has 0 N–H and O–H groups in total. The highest BCUT2D eigenvalue weighted by Gasteiger charge is 2.16. The van der Waals surface area contributed by atoms with Crippen molar-refractivity contribution in [2.75, 3.05) is 13.2 Å². The van der Waals surface area contributed by atoms with Gasteiger partial charge in [0.15, 0.2) is 23.1 Å². The number of aromatic nitrogens is 1. The average Bonchev–Trinajstić information content (AvgIpc) is 2.44. The van der Waals surface area contributed by atoms with Crippen molar-refractivity contribution in [2.24, 2.45) is 0 Å². The van der Waals surface area contributed by atoms with Crippen LogP contribution in [0.2, 0.25) is 0 Å². The Morgan fingerprint density at radius 1 is 0.950 bits per heavy atom. The van der Waals surface area contributed by atoms with E-state index in [9.17, 15) is 13.2 Å². The van der Waals surface area contributed by atoms with Crippen molar-refractivity contribution in [2.45, 2.75) is 9.92 Å². The zero-order valence-electron chi connectivity index (χ0n) is 10.0. The number of hydrogen-bond acceptors (Lipinski definition) is 4. The average molecular weight is 299 g/mol. The third-order valence-electron chi connectivity index (χ3n) is 2.58. The number of rotatable bonds is 2. The van der Waals surface area contributed by atoms with E-state index < -0.39 is 17.6 Å². The molecule has 0 saturated heterocycles. The molecular formula is C13H8F3NO2S. The molecule has 0 atom stereocenters. The number of nitrogens with zero attached hydrogens (tertiary/aromatic N) is 1. The lowest BCUT2D eigenvalue weighted by atomic mass is 10.3. The predicted octanol–water partition coefficient (Wildman–Crippen LogP) is 3.42. The minimum Gasteiger partial charge on any atom is -0.486 e. The van der Waals surface area contributed by atoms with Gasteiger partial charge in [-0.3, -0.25) is 0 Å². The van der Waals surface area contributed by atoms with Crippen molar-refractivity contribution >= 4 is 11.8 Å². The van der Waals surface area contributed by atoms with E-state index in [0.29, 0.717) is 35.7 Å². The molecule has 0 saturated carbocycles. The molecule has 2 heterocycles. The van der Waals surface area contributed by atoms with Gasteiger partial charge in [-0.15, -0.1) is 0 Å². The molecule has 0 radical (unpaired) electrons. The topological polar surface area (TPSA) is 31.4 Å². The summed E-state index contributed by atoms with van der Waals surface area (Å²) in [5, 5.41) is -0.236. The quantitative estimate of drug-likeness (QED) is 0.795. The second-order valence-electron chi connectivity index (χ2n) is 3.96. The first-order valence-electron chi connectivity index (χ1n) is 5.72. The molecule has 0 aliphatic carbocycles. The van der Waals surface area contributed by atoms with Crippen LogP contribution in [0.1, 0.15) is 0 Å². The molecule has 0 unspecified atom stereocenters. The Kier molecular flexibility index (Phi) is 3.43. The van der Waals surface area contributed by atoms with Crippen LogP contribution in [0.3, 0.4) is 0 Å². The van der Waals surface area contributed by atoms with Crippen molar-refractivity contribution < 1.29 is 22.6 Å². The molecule has 0 amide bonds. The van der Waals surface area contributed by atoms with Crippen LogP contribution in [-0.4, -0.2) is 18.2 Å². The minimum atomic E-state index is -1.33. The highest BCUT2D eigenvalue weighted by Crippen LogP contribution is 2.37. The molecule has 104 valence electrons. The molecule has 1 aliphatic rings. The number of pyridine rings is 1. The lowest BCUT2D eigenvalue weighted by Crippen LogP contribution is -2.15. The van der Waals surface area contributed by atoms with E-state index in [4.69, 9.17) is 9.47 Å². The Labute approximate surface area is 116 Å². The lowest BCUT2D eigenvalue weighted by molar-refractivity contribution is 0.171. The molecule has 2 aromatic rings. The van der Waals surface area contributed by atoms with Crippen molar-refractivity contribution in [1.29, 1.82) is 0 Å². The van der Waals surface area contributed by atoms with Crippen molar-refractivity contribution in [3.05, 3.63) is 41.8 Å². The van der Waals surface area contributed by atoms with Gasteiger partial charge in [0.2, 0.25) is 5.95 Å². The summed E-state index contributed by atoms with van der Waals surface area (Å²) >= 11 is 0.882. The van der Waals surface area contributed by atoms with E-state index in [2.05, 4.69) is 4.98 Å². The minimum absolute atomic E-state index is 0.236. The van der Waals surface area contributed by atoms with Crippen LogP contribution in [0, 0.1) is 17.6 Å². The fraction of sp³-hybridized carbons (Fsp3) is 0.154. The summed E-state index contributed by atoms with van der Waals surface area (Å²) < 4.78 is 50.1. The Balaban J connectivity index is 1.89. The fourth-order valence-electron chi connectivity index (χ4n) is 1.70. The zero-order valence-corrected chi connectivity index (χ0v) is 10.8. The van der Waals surface area contributed by atoms with Gasteiger partial charge in [-0.05, 0) is 18.2 Å². The van der Waals surface area contributed by atoms with Gasteiger partial charge in [-0.25, -0.2) is 13.8 Å². The summed E-state index contributed by atoms with van der Waals surface area (Å²) in [6.07, 6.45) is 0. The van der Waals surface area contributed by atoms with Crippen LogP contribution >= 0.6 is 11.8 Å². The van der Waals surface area contributed by atoms with Gasteiger partial charge in [0, 0.05) is 11.0 Å². The molecule has 20 heavy (non-hydrogen) atoms. The Morgan fingerprint density at radius 3 is 2.50 bits per heavy atom. The van der Waals surface area contributed by atoms with E-state index >= 15 is 0 Å². The molecule has 0 bridgehead atoms. The summed E-state index contributed by atoms with van der Waals surface area (Å²) in [6, 6.07) is 5.46. The SMILES string of the molecule is Fc1cc(F)c(Sc2ccc3c(c2)OCCO3)nc1F. The maximum atomic E-state index is 13.5. The molecule has 7 heteroatoms. The third-order valence-corrected chi connectivity index (χ3v) is 3.55. The number of fused-ring (bicyclic) bond motifs is 1. The highest BCUT2D eigenvalue weighted by atomic mass is 32.2. The van der Waals surface area contributed by atoms with Gasteiger partial charge in [0.25, 0.3) is 0 Å². The maximum absolute atomic E-state index is 13.5. The van der Waals surface area contributed by atoms with Crippen LogP contribution in [-0.2, 0) is 0 Å². The van der Waals surface area contributed by atoms with Crippen molar-refractivity contribution in [1.82, 2.24) is 4.98 Å². The summed E-state index contributed by atoms with van der Waals surface area (Å²) in [4.78, 5) is 3.84. The largest absolute Gasteiger partial charge is 0.486 e. The van der Waals surface area contributed by atoms with Gasteiger partial charge in [-0.1, -0.05) is 11.8 Å². The fourth-order valence-corrected chi connectivity index (χ4v) is 2.51. The second-order valence-corrected chi connectivity index (χ2v) is 5.02. The highest BCUT2D eigenvalue weighted by molar-refractivity contribution is 7.99. The number of halogens is 3. The van der Waals surface area contributed by atoms with E-state index in [1.807, 2.05) is 0 Å². The van der Waals surface area contributed by atoms with Gasteiger partial charge in [-0.2, -0.15) is 4.39 Å². The van der Waals surface area contributed by atoms with Gasteiger partial charge >= 0.3 is 0 Å². The summed E-state index contributed by atoms with van der Waals surface area (Å²) in [5.41, 5.74) is 0. The van der Waals surface area contributed by atoms with E-state index in [1.54, 1.807) is 18.2 Å². The Bertz CT molecular complexity index is 666. The number of benzene rings is 1. The smallest absolute Gasteiger partial charge is 0.250 e. The zero-order chi connectivity index (χ0) is 14.1. The van der Waals surface area contributed by atoms with E-state index in [1.165, 1.54) is 0 Å². The predicted molar refractivity (Wildman–Crippen MR) is 65.7 cm³/mol. The second kappa shape index (κ2) is 5.24. The third kappa shape index (κ3) is 2.53. The Hall–Kier alpha value is -1.89. The molecule has 1 aromatic heterocycles. The first kappa shape index (κ1) is 13.1. The van der Waals surface area contributed by atoms with Crippen molar-refractivity contribution in [3.63, 3.8) is 0 Å². The standard InChI is InChI=1S/C13H8F3NO2S/c14-8-6-9(15)13(17-12(8)16)20-7-1-2-10-11(5-7)19-4-3-18-10/h1-2,5-6H,3-4H2. The molecule has 3 rings (SSSR count). The number of ether oxygens (including phenoxy) is 2.